The molecule has 1 N–H and O–H groups in total. The second kappa shape index (κ2) is 6.05. The van der Waals surface area contributed by atoms with Gasteiger partial charge in [0.15, 0.2) is 5.17 Å². The number of nitrogens with one attached hydrogen (secondary N) is 1. The molecule has 1 aromatic rings. The Hall–Kier alpha value is 0.0600. The second-order valence-electron chi connectivity index (χ2n) is 5.86. The van der Waals surface area contributed by atoms with Crippen LogP contribution in [0.25, 0.3) is 0 Å². The van der Waals surface area contributed by atoms with Crippen molar-refractivity contribution in [2.75, 3.05) is 11.1 Å². The Labute approximate surface area is 143 Å². The van der Waals surface area contributed by atoms with Crippen molar-refractivity contribution in [1.82, 2.24) is 0 Å². The zero-order valence-electron chi connectivity index (χ0n) is 11.5. The van der Waals surface area contributed by atoms with Gasteiger partial charge in [-0.1, -0.05) is 30.3 Å². The van der Waals surface area contributed by atoms with E-state index in [0.717, 1.165) is 31.1 Å². The summed E-state index contributed by atoms with van der Waals surface area (Å²) in [5, 5.41) is 5.19. The molecule has 2 aliphatic rings. The average Bonchev–Trinajstić information content (AvgIpc) is 2.80. The smallest absolute Gasteiger partial charge is 0.161 e. The molecule has 1 aliphatic carbocycles. The minimum atomic E-state index is 0.190. The number of benzene rings is 1. The molecule has 3 rings (SSSR count). The fraction of sp³-hybridized carbons (Fsp3) is 0.533. The molecular formula is C15H18ClIN2S. The third-order valence-electron chi connectivity index (χ3n) is 4.19. The maximum Gasteiger partial charge on any atom is 0.161 e. The molecule has 0 amide bonds. The van der Waals surface area contributed by atoms with E-state index in [1.807, 2.05) is 23.9 Å². The van der Waals surface area contributed by atoms with Crippen LogP contribution in [-0.2, 0) is 0 Å². The summed E-state index contributed by atoms with van der Waals surface area (Å²) >= 11 is 10.4. The fourth-order valence-corrected chi connectivity index (χ4v) is 4.91. The normalized spacial score (nSPS) is 29.6. The predicted molar refractivity (Wildman–Crippen MR) is 98.0 cm³/mol. The first kappa shape index (κ1) is 15.0. The van der Waals surface area contributed by atoms with E-state index in [4.69, 9.17) is 16.6 Å². The molecule has 0 atom stereocenters. The van der Waals surface area contributed by atoms with Gasteiger partial charge in [0, 0.05) is 9.32 Å². The summed E-state index contributed by atoms with van der Waals surface area (Å²) in [6.07, 6.45) is 5.07. The van der Waals surface area contributed by atoms with Gasteiger partial charge in [-0.25, -0.2) is 0 Å². The summed E-state index contributed by atoms with van der Waals surface area (Å²) in [7, 11) is 0. The second-order valence-corrected chi connectivity index (χ2v) is 8.48. The molecule has 0 radical (unpaired) electrons. The first-order chi connectivity index (χ1) is 9.56. The van der Waals surface area contributed by atoms with Gasteiger partial charge in [-0.2, -0.15) is 0 Å². The molecule has 2 nitrogen and oxygen atoms in total. The maximum absolute atomic E-state index is 6.27. The Morgan fingerprint density at radius 1 is 1.40 bits per heavy atom. The van der Waals surface area contributed by atoms with E-state index >= 15 is 0 Å². The van der Waals surface area contributed by atoms with E-state index in [1.54, 1.807) is 0 Å². The number of hydrogen-bond acceptors (Lipinski definition) is 3. The molecular weight excluding hydrogens is 403 g/mol. The van der Waals surface area contributed by atoms with Gasteiger partial charge < -0.3 is 5.32 Å². The van der Waals surface area contributed by atoms with Crippen LogP contribution < -0.4 is 5.32 Å². The monoisotopic (exact) mass is 420 g/mol. The Kier molecular flexibility index (Phi) is 4.53. The number of rotatable bonds is 1. The van der Waals surface area contributed by atoms with Gasteiger partial charge in [0.05, 0.1) is 16.2 Å². The van der Waals surface area contributed by atoms with Crippen LogP contribution in [-0.4, -0.2) is 16.5 Å². The van der Waals surface area contributed by atoms with E-state index in [1.165, 1.54) is 25.7 Å². The van der Waals surface area contributed by atoms with Crippen LogP contribution >= 0.6 is 46.0 Å². The molecule has 0 aromatic heterocycles. The predicted octanol–water partition coefficient (Wildman–Crippen LogP) is 5.41. The van der Waals surface area contributed by atoms with Crippen molar-refractivity contribution in [3.05, 3.63) is 26.8 Å². The van der Waals surface area contributed by atoms with Crippen molar-refractivity contribution in [2.45, 2.75) is 38.1 Å². The molecule has 0 bridgehead atoms. The molecule has 108 valence electrons. The number of thioether (sulfide) groups is 1. The van der Waals surface area contributed by atoms with Crippen molar-refractivity contribution in [2.24, 2.45) is 10.9 Å². The summed E-state index contributed by atoms with van der Waals surface area (Å²) in [5.41, 5.74) is 1.15. The highest BCUT2D eigenvalue weighted by atomic mass is 127. The summed E-state index contributed by atoms with van der Waals surface area (Å²) in [6, 6.07) is 6.07. The van der Waals surface area contributed by atoms with Crippen molar-refractivity contribution >= 4 is 56.8 Å². The van der Waals surface area contributed by atoms with Gasteiger partial charge in [0.1, 0.15) is 0 Å². The molecule has 1 fully saturated rings. The topological polar surface area (TPSA) is 24.4 Å². The number of anilines is 1. The summed E-state index contributed by atoms with van der Waals surface area (Å²) in [6.45, 7) is 2.35. The van der Waals surface area contributed by atoms with E-state index in [0.29, 0.717) is 0 Å². The molecule has 1 saturated carbocycles. The largest absolute Gasteiger partial charge is 0.334 e. The highest BCUT2D eigenvalue weighted by Gasteiger charge is 2.38. The Morgan fingerprint density at radius 2 is 2.15 bits per heavy atom. The standard InChI is InChI=1S/C15H18ClIN2S/c1-10-4-6-15(7-5-10)9-20-14(19-15)18-13-3-2-11(17)8-12(13)16/h2-3,8,10H,4-7,9H2,1H3,(H,18,19). The lowest BCUT2D eigenvalue weighted by Gasteiger charge is -2.32. The molecule has 5 heteroatoms. The van der Waals surface area contributed by atoms with Crippen molar-refractivity contribution < 1.29 is 0 Å². The highest BCUT2D eigenvalue weighted by molar-refractivity contribution is 14.1. The molecule has 1 aliphatic heterocycles. The van der Waals surface area contributed by atoms with Crippen LogP contribution in [0, 0.1) is 9.49 Å². The van der Waals surface area contributed by atoms with E-state index in [2.05, 4.69) is 40.9 Å². The molecule has 1 spiro atoms. The Bertz CT molecular complexity index is 539. The molecule has 1 aromatic carbocycles. The van der Waals surface area contributed by atoms with Gasteiger partial charge in [-0.15, -0.1) is 0 Å². The van der Waals surface area contributed by atoms with Gasteiger partial charge >= 0.3 is 0 Å². The third kappa shape index (κ3) is 3.28. The van der Waals surface area contributed by atoms with Gasteiger partial charge in [-0.3, -0.25) is 4.99 Å². The summed E-state index contributed by atoms with van der Waals surface area (Å²) < 4.78 is 1.15. The van der Waals surface area contributed by atoms with E-state index in [-0.39, 0.29) is 5.54 Å². The van der Waals surface area contributed by atoms with Gasteiger partial charge in [-0.05, 0) is 72.4 Å². The summed E-state index contributed by atoms with van der Waals surface area (Å²) in [4.78, 5) is 4.98. The van der Waals surface area contributed by atoms with Crippen LogP contribution in [0.15, 0.2) is 23.2 Å². The van der Waals surface area contributed by atoms with Crippen LogP contribution in [0.4, 0.5) is 5.69 Å². The molecule has 20 heavy (non-hydrogen) atoms. The van der Waals surface area contributed by atoms with E-state index in [9.17, 15) is 0 Å². The van der Waals surface area contributed by atoms with Crippen molar-refractivity contribution in [1.29, 1.82) is 0 Å². The molecule has 1 heterocycles. The van der Waals surface area contributed by atoms with Crippen molar-refractivity contribution in [3.63, 3.8) is 0 Å². The Balaban J connectivity index is 1.72. The SMILES string of the molecule is CC1CCC2(CC1)CSC(Nc1ccc(I)cc1Cl)=N2. The quantitative estimate of drug-likeness (QED) is 0.614. The zero-order chi connectivity index (χ0) is 14.2. The van der Waals surface area contributed by atoms with Gasteiger partial charge in [0.25, 0.3) is 0 Å². The van der Waals surface area contributed by atoms with Crippen LogP contribution in [0.5, 0.6) is 0 Å². The number of nitrogens with zero attached hydrogens (tertiary/aromatic N) is 1. The summed E-state index contributed by atoms with van der Waals surface area (Å²) in [5.74, 6) is 1.98. The van der Waals surface area contributed by atoms with Crippen LogP contribution in [0.2, 0.25) is 5.02 Å². The number of hydrogen-bond donors (Lipinski definition) is 1. The first-order valence-electron chi connectivity index (χ1n) is 7.01. The number of halogens is 2. The lowest BCUT2D eigenvalue weighted by Crippen LogP contribution is -2.32. The first-order valence-corrected chi connectivity index (χ1v) is 9.45. The maximum atomic E-state index is 6.27. The lowest BCUT2D eigenvalue weighted by molar-refractivity contribution is 0.273. The van der Waals surface area contributed by atoms with Crippen LogP contribution in [0.1, 0.15) is 32.6 Å². The highest BCUT2D eigenvalue weighted by Crippen LogP contribution is 2.42. The molecule has 0 unspecified atom stereocenters. The third-order valence-corrected chi connectivity index (χ3v) is 6.33. The zero-order valence-corrected chi connectivity index (χ0v) is 15.2. The Morgan fingerprint density at radius 3 is 2.85 bits per heavy atom. The van der Waals surface area contributed by atoms with Gasteiger partial charge in [0.2, 0.25) is 0 Å². The van der Waals surface area contributed by atoms with E-state index < -0.39 is 0 Å². The minimum Gasteiger partial charge on any atom is -0.334 e. The van der Waals surface area contributed by atoms with Crippen molar-refractivity contribution in [3.8, 4) is 0 Å². The fourth-order valence-electron chi connectivity index (χ4n) is 2.81. The lowest BCUT2D eigenvalue weighted by atomic mass is 9.79. The molecule has 0 saturated heterocycles. The number of aliphatic imine (C=N–C) groups is 1. The van der Waals surface area contributed by atoms with Crippen LogP contribution in [0.3, 0.4) is 0 Å². The number of amidine groups is 1. The minimum absolute atomic E-state index is 0.190. The average molecular weight is 421 g/mol.